The Hall–Kier alpha value is -2.24. The lowest BCUT2D eigenvalue weighted by molar-refractivity contribution is 0.0965. The Kier molecular flexibility index (Phi) is 5.63. The molecular formula is C16H22N2O4. The largest absolute Gasteiger partial charge is 0.465 e. The van der Waals surface area contributed by atoms with Crippen LogP contribution in [0.15, 0.2) is 23.2 Å². The summed E-state index contributed by atoms with van der Waals surface area (Å²) in [7, 11) is 0. The van der Waals surface area contributed by atoms with Crippen LogP contribution in [0, 0.1) is 5.92 Å². The van der Waals surface area contributed by atoms with E-state index in [1.54, 1.807) is 18.2 Å². The maximum Gasteiger partial charge on any atom is 0.291 e. The van der Waals surface area contributed by atoms with Gasteiger partial charge < -0.3 is 14.2 Å². The Morgan fingerprint density at radius 2 is 2.14 bits per heavy atom. The Bertz CT molecular complexity index is 555. The van der Waals surface area contributed by atoms with E-state index < -0.39 is 0 Å². The molecule has 1 aromatic rings. The second-order valence-electron chi connectivity index (χ2n) is 5.32. The van der Waals surface area contributed by atoms with Crippen molar-refractivity contribution in [3.8, 4) is 11.5 Å². The van der Waals surface area contributed by atoms with E-state index in [4.69, 9.17) is 14.2 Å². The number of fused-ring (bicyclic) bond motifs is 1. The van der Waals surface area contributed by atoms with Crippen molar-refractivity contribution in [3.05, 3.63) is 23.8 Å². The molecule has 0 saturated heterocycles. The van der Waals surface area contributed by atoms with E-state index in [0.29, 0.717) is 36.1 Å². The van der Waals surface area contributed by atoms with Crippen LogP contribution in [0.25, 0.3) is 0 Å². The predicted molar refractivity (Wildman–Crippen MR) is 83.4 cm³/mol. The molecule has 1 aliphatic rings. The molecule has 1 heterocycles. The molecule has 0 bridgehead atoms. The van der Waals surface area contributed by atoms with Gasteiger partial charge in [-0.25, -0.2) is 4.99 Å². The third-order valence-corrected chi connectivity index (χ3v) is 3.10. The second-order valence-corrected chi connectivity index (χ2v) is 5.32. The van der Waals surface area contributed by atoms with Crippen molar-refractivity contribution in [1.29, 1.82) is 0 Å². The molecule has 1 amide bonds. The molecule has 1 N–H and O–H groups in total. The molecule has 0 spiro atoms. The first kappa shape index (κ1) is 16.1. The number of ether oxygens (including phenoxy) is 3. The number of rotatable bonds is 5. The minimum absolute atomic E-state index is 0.182. The lowest BCUT2D eigenvalue weighted by atomic mass is 10.1. The van der Waals surface area contributed by atoms with Crippen molar-refractivity contribution in [3.63, 3.8) is 0 Å². The van der Waals surface area contributed by atoms with E-state index >= 15 is 0 Å². The number of aliphatic imine (C=N–C) groups is 1. The minimum atomic E-state index is -0.282. The summed E-state index contributed by atoms with van der Waals surface area (Å²) in [5.41, 5.74) is 0.473. The number of carbonyl (C=O) groups is 1. The maximum absolute atomic E-state index is 12.3. The number of hydrogen-bond donors (Lipinski definition) is 1. The van der Waals surface area contributed by atoms with Gasteiger partial charge >= 0.3 is 0 Å². The molecule has 1 aliphatic heterocycles. The molecule has 0 fully saturated rings. The standard InChI is InChI=1S/C16H22N2O4/c1-4-20-16(17-8-7-11(2)3)18-15(19)12-5-6-13-14(9-12)22-10-21-13/h5-6,9,11H,4,7-8,10H2,1-3H3,(H,17,18,19). The van der Waals surface area contributed by atoms with Crippen LogP contribution >= 0.6 is 0 Å². The smallest absolute Gasteiger partial charge is 0.291 e. The van der Waals surface area contributed by atoms with Gasteiger partial charge in [0.2, 0.25) is 6.79 Å². The van der Waals surface area contributed by atoms with Crippen molar-refractivity contribution < 1.29 is 19.0 Å². The molecule has 120 valence electrons. The Morgan fingerprint density at radius 1 is 1.36 bits per heavy atom. The molecule has 6 nitrogen and oxygen atoms in total. The number of amides is 1. The Labute approximate surface area is 130 Å². The van der Waals surface area contributed by atoms with Gasteiger partial charge in [-0.2, -0.15) is 0 Å². The molecule has 0 atom stereocenters. The van der Waals surface area contributed by atoms with Gasteiger partial charge in [0.05, 0.1) is 6.61 Å². The van der Waals surface area contributed by atoms with Gasteiger partial charge in [-0.1, -0.05) is 13.8 Å². The lowest BCUT2D eigenvalue weighted by Crippen LogP contribution is -2.32. The highest BCUT2D eigenvalue weighted by atomic mass is 16.7. The quantitative estimate of drug-likeness (QED) is 0.670. The Morgan fingerprint density at radius 3 is 2.86 bits per heavy atom. The normalized spacial score (nSPS) is 13.4. The average Bonchev–Trinajstić information content (AvgIpc) is 2.94. The zero-order chi connectivity index (χ0) is 15.9. The topological polar surface area (TPSA) is 69.2 Å². The molecule has 0 unspecified atom stereocenters. The van der Waals surface area contributed by atoms with Crippen molar-refractivity contribution in [2.24, 2.45) is 10.9 Å². The highest BCUT2D eigenvalue weighted by molar-refractivity contribution is 6.04. The van der Waals surface area contributed by atoms with E-state index in [-0.39, 0.29) is 18.7 Å². The van der Waals surface area contributed by atoms with Gasteiger partial charge in [0.25, 0.3) is 11.9 Å². The first-order valence-electron chi connectivity index (χ1n) is 7.48. The fourth-order valence-electron chi connectivity index (χ4n) is 1.89. The van der Waals surface area contributed by atoms with Gasteiger partial charge in [-0.3, -0.25) is 10.1 Å². The predicted octanol–water partition coefficient (Wildman–Crippen LogP) is 2.58. The molecule has 2 rings (SSSR count). The molecule has 6 heteroatoms. The summed E-state index contributed by atoms with van der Waals surface area (Å²) < 4.78 is 15.9. The van der Waals surface area contributed by atoms with E-state index in [0.717, 1.165) is 6.42 Å². The van der Waals surface area contributed by atoms with E-state index in [1.165, 1.54) is 0 Å². The summed E-state index contributed by atoms with van der Waals surface area (Å²) in [6.45, 7) is 7.35. The number of carbonyl (C=O) groups excluding carboxylic acids is 1. The van der Waals surface area contributed by atoms with E-state index in [9.17, 15) is 4.79 Å². The van der Waals surface area contributed by atoms with Crippen molar-refractivity contribution >= 4 is 11.9 Å². The van der Waals surface area contributed by atoms with Crippen LogP contribution < -0.4 is 14.8 Å². The second kappa shape index (κ2) is 7.68. The monoisotopic (exact) mass is 306 g/mol. The number of hydrogen-bond acceptors (Lipinski definition) is 5. The summed E-state index contributed by atoms with van der Waals surface area (Å²) in [6.07, 6.45) is 0.941. The van der Waals surface area contributed by atoms with Crippen LogP contribution in [0.2, 0.25) is 0 Å². The minimum Gasteiger partial charge on any atom is -0.465 e. The van der Waals surface area contributed by atoms with Crippen molar-refractivity contribution in [2.75, 3.05) is 19.9 Å². The summed E-state index contributed by atoms with van der Waals surface area (Å²) >= 11 is 0. The van der Waals surface area contributed by atoms with Crippen LogP contribution in [0.3, 0.4) is 0 Å². The SMILES string of the molecule is CCOC(=NCCC(C)C)NC(=O)c1ccc2c(c1)OCO2. The summed E-state index contributed by atoms with van der Waals surface area (Å²) in [5, 5.41) is 2.69. The highest BCUT2D eigenvalue weighted by Crippen LogP contribution is 2.32. The average molecular weight is 306 g/mol. The molecule has 22 heavy (non-hydrogen) atoms. The fourth-order valence-corrected chi connectivity index (χ4v) is 1.89. The molecule has 1 aromatic carbocycles. The summed E-state index contributed by atoms with van der Waals surface area (Å²) in [4.78, 5) is 16.6. The van der Waals surface area contributed by atoms with Gasteiger partial charge in [0.1, 0.15) is 0 Å². The van der Waals surface area contributed by atoms with Crippen molar-refractivity contribution in [2.45, 2.75) is 27.2 Å². The molecule has 0 radical (unpaired) electrons. The zero-order valence-electron chi connectivity index (χ0n) is 13.2. The summed E-state index contributed by atoms with van der Waals surface area (Å²) in [6, 6.07) is 5.30. The number of benzene rings is 1. The molecule has 0 saturated carbocycles. The van der Waals surface area contributed by atoms with Crippen molar-refractivity contribution in [1.82, 2.24) is 5.32 Å². The maximum atomic E-state index is 12.3. The van der Waals surface area contributed by atoms with Crippen LogP contribution in [-0.4, -0.2) is 31.9 Å². The van der Waals surface area contributed by atoms with Gasteiger partial charge in [-0.15, -0.1) is 0 Å². The third kappa shape index (κ3) is 4.38. The van der Waals surface area contributed by atoms with Gasteiger partial charge in [-0.05, 0) is 37.5 Å². The first-order valence-corrected chi connectivity index (χ1v) is 7.48. The fraction of sp³-hybridized carbons (Fsp3) is 0.500. The van der Waals surface area contributed by atoms with Crippen LogP contribution in [0.5, 0.6) is 11.5 Å². The lowest BCUT2D eigenvalue weighted by Gasteiger charge is -2.10. The van der Waals surface area contributed by atoms with Crippen LogP contribution in [0.1, 0.15) is 37.6 Å². The number of nitrogens with one attached hydrogen (secondary N) is 1. The summed E-state index contributed by atoms with van der Waals surface area (Å²) in [5.74, 6) is 1.49. The van der Waals surface area contributed by atoms with E-state index in [2.05, 4.69) is 24.2 Å². The van der Waals surface area contributed by atoms with Crippen LogP contribution in [0.4, 0.5) is 0 Å². The van der Waals surface area contributed by atoms with Crippen LogP contribution in [-0.2, 0) is 4.74 Å². The first-order chi connectivity index (χ1) is 10.6. The molecule has 0 aliphatic carbocycles. The van der Waals surface area contributed by atoms with Gasteiger partial charge in [0, 0.05) is 12.1 Å². The third-order valence-electron chi connectivity index (χ3n) is 3.10. The molecular weight excluding hydrogens is 284 g/mol. The van der Waals surface area contributed by atoms with E-state index in [1.807, 2.05) is 6.92 Å². The zero-order valence-corrected chi connectivity index (χ0v) is 13.2. The Balaban J connectivity index is 2.01. The highest BCUT2D eigenvalue weighted by Gasteiger charge is 2.17. The number of nitrogens with zero attached hydrogens (tertiary/aromatic N) is 1. The number of amidine groups is 1. The van der Waals surface area contributed by atoms with Gasteiger partial charge in [0.15, 0.2) is 11.5 Å². The molecule has 0 aromatic heterocycles.